The van der Waals surface area contributed by atoms with E-state index in [1.807, 2.05) is 0 Å². The zero-order chi connectivity index (χ0) is 14.9. The van der Waals surface area contributed by atoms with Gasteiger partial charge in [0.2, 0.25) is 5.91 Å². The van der Waals surface area contributed by atoms with Gasteiger partial charge in [-0.05, 0) is 32.4 Å². The first-order valence-electron chi connectivity index (χ1n) is 6.31. The maximum atomic E-state index is 13.7. The average molecular weight is 280 g/mol. The molecule has 0 aromatic heterocycles. The summed E-state index contributed by atoms with van der Waals surface area (Å²) in [4.78, 5) is 25.0. The Hall–Kier alpha value is -2.11. The number of benzene rings is 1. The van der Waals surface area contributed by atoms with E-state index in [2.05, 4.69) is 5.32 Å². The second-order valence-corrected chi connectivity index (χ2v) is 5.66. The minimum atomic E-state index is -0.648. The molecule has 2 rings (SSSR count). The third-order valence-electron chi connectivity index (χ3n) is 2.71. The molecule has 0 fully saturated rings. The number of carbonyl (C=O) groups excluding carboxylic acids is 2. The number of halogens is 1. The average Bonchev–Trinajstić information content (AvgIpc) is 2.46. The first kappa shape index (κ1) is 14.3. The highest BCUT2D eigenvalue weighted by atomic mass is 19.1. The Morgan fingerprint density at radius 2 is 2.05 bits per heavy atom. The van der Waals surface area contributed by atoms with Gasteiger partial charge in [0.25, 0.3) is 0 Å². The van der Waals surface area contributed by atoms with Crippen molar-refractivity contribution in [1.82, 2.24) is 4.90 Å². The van der Waals surface area contributed by atoms with Crippen LogP contribution in [0.2, 0.25) is 0 Å². The van der Waals surface area contributed by atoms with Crippen molar-refractivity contribution >= 4 is 17.7 Å². The van der Waals surface area contributed by atoms with Gasteiger partial charge in [0, 0.05) is 0 Å². The minimum absolute atomic E-state index is 0.126. The van der Waals surface area contributed by atoms with Gasteiger partial charge in [0.05, 0.1) is 12.2 Å². The highest BCUT2D eigenvalue weighted by Crippen LogP contribution is 2.24. The summed E-state index contributed by atoms with van der Waals surface area (Å²) in [5, 5.41) is 2.47. The predicted octanol–water partition coefficient (Wildman–Crippen LogP) is 2.51. The molecule has 0 atom stereocenters. The third-order valence-corrected chi connectivity index (χ3v) is 2.71. The molecular formula is C14H17FN2O3. The molecule has 0 saturated heterocycles. The van der Waals surface area contributed by atoms with Crippen molar-refractivity contribution in [3.8, 4) is 0 Å². The quantitative estimate of drug-likeness (QED) is 0.794. The van der Waals surface area contributed by atoms with Gasteiger partial charge in [-0.15, -0.1) is 0 Å². The van der Waals surface area contributed by atoms with Crippen molar-refractivity contribution < 1.29 is 18.7 Å². The van der Waals surface area contributed by atoms with E-state index in [-0.39, 0.29) is 18.8 Å². The highest BCUT2D eigenvalue weighted by molar-refractivity contribution is 5.95. The molecule has 5 nitrogen and oxygen atoms in total. The first-order valence-corrected chi connectivity index (χ1v) is 6.31. The number of amides is 2. The van der Waals surface area contributed by atoms with E-state index in [9.17, 15) is 14.0 Å². The first-order chi connectivity index (χ1) is 9.26. The molecule has 1 aromatic carbocycles. The lowest BCUT2D eigenvalue weighted by Crippen LogP contribution is -2.39. The zero-order valence-corrected chi connectivity index (χ0v) is 11.7. The standard InChI is InChI=1S/C14H17FN2O3/c1-14(2,3)20-13(19)17-7-9-5-4-6-10(15)12(9)16-11(18)8-17/h4-6H,7-8H2,1-3H3,(H,16,18). The van der Waals surface area contributed by atoms with Crippen LogP contribution in [-0.2, 0) is 16.1 Å². The van der Waals surface area contributed by atoms with Crippen LogP contribution in [0.5, 0.6) is 0 Å². The minimum Gasteiger partial charge on any atom is -0.444 e. The van der Waals surface area contributed by atoms with Gasteiger partial charge < -0.3 is 10.1 Å². The molecule has 0 aliphatic carbocycles. The summed E-state index contributed by atoms with van der Waals surface area (Å²) < 4.78 is 18.9. The molecule has 1 aliphatic heterocycles. The second kappa shape index (κ2) is 5.11. The monoisotopic (exact) mass is 280 g/mol. The number of para-hydroxylation sites is 1. The van der Waals surface area contributed by atoms with Gasteiger partial charge in [-0.25, -0.2) is 9.18 Å². The number of anilines is 1. The zero-order valence-electron chi connectivity index (χ0n) is 11.7. The van der Waals surface area contributed by atoms with Crippen LogP contribution >= 0.6 is 0 Å². The summed E-state index contributed by atoms with van der Waals surface area (Å²) in [6.45, 7) is 5.20. The van der Waals surface area contributed by atoms with E-state index in [0.29, 0.717) is 5.56 Å². The van der Waals surface area contributed by atoms with Crippen LogP contribution in [0.4, 0.5) is 14.9 Å². The molecule has 0 spiro atoms. The van der Waals surface area contributed by atoms with E-state index in [0.717, 1.165) is 0 Å². The summed E-state index contributed by atoms with van der Waals surface area (Å²) >= 11 is 0. The molecule has 0 radical (unpaired) electrons. The van der Waals surface area contributed by atoms with Gasteiger partial charge in [0.1, 0.15) is 18.0 Å². The van der Waals surface area contributed by atoms with Gasteiger partial charge in [-0.1, -0.05) is 12.1 Å². The van der Waals surface area contributed by atoms with Gasteiger partial charge >= 0.3 is 6.09 Å². The number of nitrogens with zero attached hydrogens (tertiary/aromatic N) is 1. The van der Waals surface area contributed by atoms with E-state index in [4.69, 9.17) is 4.74 Å². The Labute approximate surface area is 116 Å². The normalized spacial score (nSPS) is 15.2. The number of fused-ring (bicyclic) bond motifs is 1. The van der Waals surface area contributed by atoms with E-state index in [1.165, 1.54) is 11.0 Å². The van der Waals surface area contributed by atoms with E-state index in [1.54, 1.807) is 32.9 Å². The predicted molar refractivity (Wildman–Crippen MR) is 71.7 cm³/mol. The van der Waals surface area contributed by atoms with Crippen molar-refractivity contribution in [1.29, 1.82) is 0 Å². The van der Waals surface area contributed by atoms with Crippen LogP contribution in [0, 0.1) is 5.82 Å². The Kier molecular flexibility index (Phi) is 3.65. The number of hydrogen-bond acceptors (Lipinski definition) is 3. The highest BCUT2D eigenvalue weighted by Gasteiger charge is 2.28. The Balaban J connectivity index is 2.26. The van der Waals surface area contributed by atoms with Crippen molar-refractivity contribution in [3.05, 3.63) is 29.6 Å². The number of hydrogen-bond donors (Lipinski definition) is 1. The van der Waals surface area contributed by atoms with Crippen LogP contribution in [0.1, 0.15) is 26.3 Å². The van der Waals surface area contributed by atoms with Crippen LogP contribution in [0.3, 0.4) is 0 Å². The van der Waals surface area contributed by atoms with Crippen molar-refractivity contribution in [2.24, 2.45) is 0 Å². The molecule has 20 heavy (non-hydrogen) atoms. The lowest BCUT2D eigenvalue weighted by molar-refractivity contribution is -0.117. The summed E-state index contributed by atoms with van der Waals surface area (Å²) in [6.07, 6.45) is -0.593. The number of rotatable bonds is 0. The van der Waals surface area contributed by atoms with E-state index >= 15 is 0 Å². The molecule has 1 N–H and O–H groups in total. The summed E-state index contributed by atoms with van der Waals surface area (Å²) in [5.41, 5.74) is 0.0234. The van der Waals surface area contributed by atoms with Gasteiger partial charge in [-0.2, -0.15) is 0 Å². The molecule has 1 heterocycles. The molecule has 0 unspecified atom stereocenters. The molecule has 1 aromatic rings. The van der Waals surface area contributed by atoms with Crippen molar-refractivity contribution in [3.63, 3.8) is 0 Å². The molecule has 2 amide bonds. The fraction of sp³-hybridized carbons (Fsp3) is 0.429. The van der Waals surface area contributed by atoms with Crippen LogP contribution < -0.4 is 5.32 Å². The SMILES string of the molecule is CC(C)(C)OC(=O)N1CC(=O)Nc2c(F)cccc2C1. The fourth-order valence-corrected chi connectivity index (χ4v) is 1.91. The number of nitrogens with one attached hydrogen (secondary N) is 1. The van der Waals surface area contributed by atoms with Crippen LogP contribution in [-0.4, -0.2) is 29.0 Å². The Morgan fingerprint density at radius 1 is 1.35 bits per heavy atom. The van der Waals surface area contributed by atoms with Crippen molar-refractivity contribution in [2.45, 2.75) is 32.9 Å². The molecule has 0 bridgehead atoms. The van der Waals surface area contributed by atoms with Crippen LogP contribution in [0.25, 0.3) is 0 Å². The summed E-state index contributed by atoms with van der Waals surface area (Å²) in [6, 6.07) is 4.47. The topological polar surface area (TPSA) is 58.6 Å². The van der Waals surface area contributed by atoms with Crippen molar-refractivity contribution in [2.75, 3.05) is 11.9 Å². The molecule has 108 valence electrons. The Bertz CT molecular complexity index is 552. The largest absolute Gasteiger partial charge is 0.444 e. The molecule has 0 saturated carbocycles. The summed E-state index contributed by atoms with van der Waals surface area (Å²) in [7, 11) is 0. The van der Waals surface area contributed by atoms with Gasteiger partial charge in [0.15, 0.2) is 0 Å². The number of ether oxygens (including phenoxy) is 1. The fourth-order valence-electron chi connectivity index (χ4n) is 1.91. The van der Waals surface area contributed by atoms with Crippen LogP contribution in [0.15, 0.2) is 18.2 Å². The number of carbonyl (C=O) groups is 2. The molecule has 1 aliphatic rings. The van der Waals surface area contributed by atoms with Gasteiger partial charge in [-0.3, -0.25) is 9.69 Å². The smallest absolute Gasteiger partial charge is 0.411 e. The summed E-state index contributed by atoms with van der Waals surface area (Å²) in [5.74, 6) is -0.957. The van der Waals surface area contributed by atoms with E-state index < -0.39 is 23.4 Å². The second-order valence-electron chi connectivity index (χ2n) is 5.66. The third kappa shape index (κ3) is 3.26. The Morgan fingerprint density at radius 3 is 2.70 bits per heavy atom. The molecular weight excluding hydrogens is 263 g/mol. The lowest BCUT2D eigenvalue weighted by Gasteiger charge is -2.25. The maximum Gasteiger partial charge on any atom is 0.411 e. The molecule has 6 heteroatoms. The lowest BCUT2D eigenvalue weighted by atomic mass is 10.1. The maximum absolute atomic E-state index is 13.7.